The quantitative estimate of drug-likeness (QED) is 0.851. The van der Waals surface area contributed by atoms with Crippen LogP contribution in [-0.2, 0) is 9.53 Å². The van der Waals surface area contributed by atoms with Gasteiger partial charge in [-0.25, -0.2) is 9.18 Å². The number of aliphatic hydroxyl groups is 1. The van der Waals surface area contributed by atoms with Gasteiger partial charge in [-0.05, 0) is 31.5 Å². The van der Waals surface area contributed by atoms with E-state index in [1.807, 2.05) is 6.92 Å². The largest absolute Gasteiger partial charge is 0.505 e. The van der Waals surface area contributed by atoms with E-state index in [2.05, 4.69) is 0 Å². The smallest absolute Gasteiger partial charge is 0.336 e. The van der Waals surface area contributed by atoms with Gasteiger partial charge in [0.05, 0.1) is 24.4 Å². The van der Waals surface area contributed by atoms with Crippen molar-refractivity contribution in [2.24, 2.45) is 0 Å². The molecule has 0 aliphatic carbocycles. The van der Waals surface area contributed by atoms with Crippen LogP contribution in [0.5, 0.6) is 0 Å². The fourth-order valence-corrected chi connectivity index (χ4v) is 2.46. The summed E-state index contributed by atoms with van der Waals surface area (Å²) in [6.07, 6.45) is 0. The van der Waals surface area contributed by atoms with Crippen molar-refractivity contribution in [3.8, 4) is 0 Å². The molecule has 0 radical (unpaired) electrons. The molecule has 0 amide bonds. The molecule has 1 aromatic rings. The van der Waals surface area contributed by atoms with Crippen LogP contribution in [0, 0.1) is 5.82 Å². The second-order valence-electron chi connectivity index (χ2n) is 5.01. The second-order valence-corrected chi connectivity index (χ2v) is 5.01. The van der Waals surface area contributed by atoms with Crippen LogP contribution >= 0.6 is 0 Å². The predicted octanol–water partition coefficient (Wildman–Crippen LogP) is 2.88. The van der Waals surface area contributed by atoms with Crippen LogP contribution in [0.25, 0.3) is 5.57 Å². The van der Waals surface area contributed by atoms with Gasteiger partial charge in [0, 0.05) is 12.6 Å². The zero-order valence-corrected chi connectivity index (χ0v) is 12.5. The molecule has 0 aromatic heterocycles. The highest BCUT2D eigenvalue weighted by molar-refractivity contribution is 6.03. The Morgan fingerprint density at radius 2 is 1.90 bits per heavy atom. The summed E-state index contributed by atoms with van der Waals surface area (Å²) in [5.41, 5.74) is 1.97. The Kier molecular flexibility index (Phi) is 4.02. The first-order valence-corrected chi connectivity index (χ1v) is 6.60. The number of rotatable bonds is 2. The Labute approximate surface area is 123 Å². The van der Waals surface area contributed by atoms with Crippen molar-refractivity contribution in [2.45, 2.75) is 19.9 Å². The number of likely N-dealkylation sites (N-methyl/N-ethyl adjacent to an activating group) is 1. The highest BCUT2D eigenvalue weighted by atomic mass is 19.1. The van der Waals surface area contributed by atoms with E-state index >= 15 is 0 Å². The van der Waals surface area contributed by atoms with E-state index in [1.54, 1.807) is 18.9 Å². The summed E-state index contributed by atoms with van der Waals surface area (Å²) in [7, 11) is 3.09. The van der Waals surface area contributed by atoms with Crippen molar-refractivity contribution in [3.63, 3.8) is 0 Å². The van der Waals surface area contributed by atoms with Crippen LogP contribution < -0.4 is 0 Å². The lowest BCUT2D eigenvalue weighted by Crippen LogP contribution is -2.37. The summed E-state index contributed by atoms with van der Waals surface area (Å²) in [5.74, 6) is -0.879. The van der Waals surface area contributed by atoms with Gasteiger partial charge in [-0.3, -0.25) is 0 Å². The Morgan fingerprint density at radius 1 is 1.33 bits per heavy atom. The molecule has 2 rings (SSSR count). The number of hydrogen-bond donors (Lipinski definition) is 1. The molecule has 5 heteroatoms. The van der Waals surface area contributed by atoms with Crippen LogP contribution in [0.4, 0.5) is 4.39 Å². The van der Waals surface area contributed by atoms with Gasteiger partial charge in [0.1, 0.15) is 11.6 Å². The lowest BCUT2D eigenvalue weighted by Gasteiger charge is -2.35. The summed E-state index contributed by atoms with van der Waals surface area (Å²) in [4.78, 5) is 13.9. The molecule has 0 bridgehead atoms. The molecule has 1 aliphatic rings. The average molecular weight is 291 g/mol. The average Bonchev–Trinajstić information content (AvgIpc) is 2.49. The first kappa shape index (κ1) is 15.1. The molecular weight excluding hydrogens is 273 g/mol. The number of halogens is 1. The Hall–Kier alpha value is -2.30. The predicted molar refractivity (Wildman–Crippen MR) is 77.9 cm³/mol. The van der Waals surface area contributed by atoms with E-state index in [-0.39, 0.29) is 17.6 Å². The van der Waals surface area contributed by atoms with Crippen molar-refractivity contribution in [1.82, 2.24) is 4.90 Å². The van der Waals surface area contributed by atoms with E-state index in [4.69, 9.17) is 4.74 Å². The van der Waals surface area contributed by atoms with Gasteiger partial charge in [0.15, 0.2) is 0 Å². The van der Waals surface area contributed by atoms with Crippen LogP contribution in [-0.4, -0.2) is 36.2 Å². The number of nitrogens with zero attached hydrogens (tertiary/aromatic N) is 1. The zero-order chi connectivity index (χ0) is 15.7. The number of esters is 1. The molecule has 0 fully saturated rings. The van der Waals surface area contributed by atoms with Gasteiger partial charge in [-0.15, -0.1) is 0 Å². The molecule has 0 saturated heterocycles. The van der Waals surface area contributed by atoms with E-state index in [0.717, 1.165) is 0 Å². The maximum absolute atomic E-state index is 13.1. The summed E-state index contributed by atoms with van der Waals surface area (Å²) in [6.45, 7) is 3.62. The third-order valence-corrected chi connectivity index (χ3v) is 3.91. The summed E-state index contributed by atoms with van der Waals surface area (Å²) in [6, 6.07) is 5.41. The van der Waals surface area contributed by atoms with Crippen molar-refractivity contribution >= 4 is 11.5 Å². The van der Waals surface area contributed by atoms with Crippen LogP contribution in [0.15, 0.2) is 41.3 Å². The van der Waals surface area contributed by atoms with Gasteiger partial charge >= 0.3 is 5.97 Å². The molecule has 0 spiro atoms. The van der Waals surface area contributed by atoms with Crippen LogP contribution in [0.1, 0.15) is 19.4 Å². The zero-order valence-electron chi connectivity index (χ0n) is 12.5. The Bertz CT molecular complexity index is 631. The molecule has 1 unspecified atom stereocenters. The molecule has 1 aliphatic heterocycles. The van der Waals surface area contributed by atoms with Crippen molar-refractivity contribution in [3.05, 3.63) is 52.7 Å². The fourth-order valence-electron chi connectivity index (χ4n) is 2.46. The fraction of sp³-hybridized carbons (Fsp3) is 0.312. The summed E-state index contributed by atoms with van der Waals surface area (Å²) < 4.78 is 17.9. The number of ether oxygens (including phenoxy) is 1. The third kappa shape index (κ3) is 2.51. The highest BCUT2D eigenvalue weighted by Crippen LogP contribution is 2.36. The standard InChI is InChI=1S/C16H18FNO3/c1-9-13(16(20)21-4)14(15(19)10(2)18(9)3)11-5-7-12(17)8-6-11/h5-9,19H,1-4H3. The number of allylic oxidation sites excluding steroid dienone is 2. The number of benzene rings is 1. The Morgan fingerprint density at radius 3 is 2.43 bits per heavy atom. The van der Waals surface area contributed by atoms with Crippen molar-refractivity contribution < 1.29 is 19.0 Å². The van der Waals surface area contributed by atoms with Gasteiger partial charge in [0.2, 0.25) is 0 Å². The monoisotopic (exact) mass is 291 g/mol. The van der Waals surface area contributed by atoms with Gasteiger partial charge in [-0.1, -0.05) is 12.1 Å². The number of hydrogen-bond acceptors (Lipinski definition) is 4. The first-order chi connectivity index (χ1) is 9.88. The lowest BCUT2D eigenvalue weighted by atomic mass is 9.89. The molecule has 1 heterocycles. The summed E-state index contributed by atoms with van der Waals surface area (Å²) >= 11 is 0. The van der Waals surface area contributed by atoms with Gasteiger partial charge in [-0.2, -0.15) is 0 Å². The first-order valence-electron chi connectivity index (χ1n) is 6.60. The maximum Gasteiger partial charge on any atom is 0.336 e. The number of carbonyl (C=O) groups excluding carboxylic acids is 1. The van der Waals surface area contributed by atoms with Gasteiger partial charge in [0.25, 0.3) is 0 Å². The molecule has 112 valence electrons. The molecule has 4 nitrogen and oxygen atoms in total. The number of methoxy groups -OCH3 is 1. The van der Waals surface area contributed by atoms with Crippen LogP contribution in [0.2, 0.25) is 0 Å². The lowest BCUT2D eigenvalue weighted by molar-refractivity contribution is -0.136. The minimum absolute atomic E-state index is 0.00241. The topological polar surface area (TPSA) is 49.8 Å². The third-order valence-electron chi connectivity index (χ3n) is 3.91. The van der Waals surface area contributed by atoms with Crippen molar-refractivity contribution in [1.29, 1.82) is 0 Å². The van der Waals surface area contributed by atoms with Crippen LogP contribution in [0.3, 0.4) is 0 Å². The molecule has 1 atom stereocenters. The maximum atomic E-state index is 13.1. The van der Waals surface area contributed by atoms with E-state index in [1.165, 1.54) is 31.4 Å². The Balaban J connectivity index is 2.71. The molecular formula is C16H18FNO3. The molecule has 1 aromatic carbocycles. The normalized spacial score (nSPS) is 19.1. The SMILES string of the molecule is COC(=O)C1=C(c2ccc(F)cc2)C(O)=C(C)N(C)C1C. The highest BCUT2D eigenvalue weighted by Gasteiger charge is 2.33. The van der Waals surface area contributed by atoms with Crippen molar-refractivity contribution in [2.75, 3.05) is 14.2 Å². The second kappa shape index (κ2) is 5.60. The molecule has 1 N–H and O–H groups in total. The van der Waals surface area contributed by atoms with E-state index in [0.29, 0.717) is 22.4 Å². The van der Waals surface area contributed by atoms with E-state index < -0.39 is 5.97 Å². The molecule has 21 heavy (non-hydrogen) atoms. The van der Waals surface area contributed by atoms with Gasteiger partial charge < -0.3 is 14.7 Å². The minimum atomic E-state index is -0.507. The summed E-state index contributed by atoms with van der Waals surface area (Å²) in [5, 5.41) is 10.4. The number of carbonyl (C=O) groups is 1. The van der Waals surface area contributed by atoms with E-state index in [9.17, 15) is 14.3 Å². The molecule has 0 saturated carbocycles. The number of aliphatic hydroxyl groups excluding tert-OH is 1. The minimum Gasteiger partial charge on any atom is -0.505 e.